The number of rotatable bonds is 1. The molecule has 0 unspecified atom stereocenters. The molecule has 2 rings (SSSR count). The molecule has 88 valence electrons. The molecule has 0 aromatic rings. The molecule has 1 saturated carbocycles. The van der Waals surface area contributed by atoms with Gasteiger partial charge in [0, 0.05) is 6.92 Å². The van der Waals surface area contributed by atoms with Gasteiger partial charge in [-0.15, -0.1) is 0 Å². The normalized spacial score (nSPS) is 27.9. The highest BCUT2D eigenvalue weighted by Gasteiger charge is 2.54. The highest BCUT2D eigenvalue weighted by molar-refractivity contribution is 5.92. The first-order chi connectivity index (χ1) is 7.55. The SMILES string of the molecule is C=C1C(=O)OC2(CCCCC2)[C@@H]1OC(C)=O. The summed E-state index contributed by atoms with van der Waals surface area (Å²) in [5, 5.41) is 0. The molecule has 16 heavy (non-hydrogen) atoms. The van der Waals surface area contributed by atoms with E-state index in [1.54, 1.807) is 0 Å². The minimum absolute atomic E-state index is 0.275. The maximum absolute atomic E-state index is 11.5. The van der Waals surface area contributed by atoms with Crippen molar-refractivity contribution >= 4 is 11.9 Å². The predicted octanol–water partition coefficient (Wildman–Crippen LogP) is 1.73. The van der Waals surface area contributed by atoms with E-state index < -0.39 is 23.6 Å². The molecule has 4 nitrogen and oxygen atoms in total. The summed E-state index contributed by atoms with van der Waals surface area (Å²) in [5.41, 5.74) is -0.352. The maximum atomic E-state index is 11.5. The first kappa shape index (κ1) is 11.2. The quantitative estimate of drug-likeness (QED) is 0.503. The molecule has 1 atom stereocenters. The fraction of sp³-hybridized carbons (Fsp3) is 0.667. The van der Waals surface area contributed by atoms with Crippen molar-refractivity contribution in [3.8, 4) is 0 Å². The minimum atomic E-state index is -0.627. The van der Waals surface area contributed by atoms with E-state index in [9.17, 15) is 9.59 Å². The van der Waals surface area contributed by atoms with E-state index in [1.165, 1.54) is 6.92 Å². The summed E-state index contributed by atoms with van der Waals surface area (Å²) in [6.45, 7) is 5.01. The third kappa shape index (κ3) is 1.72. The topological polar surface area (TPSA) is 52.6 Å². The van der Waals surface area contributed by atoms with Gasteiger partial charge in [-0.1, -0.05) is 13.0 Å². The zero-order chi connectivity index (χ0) is 11.8. The summed E-state index contributed by atoms with van der Waals surface area (Å²) in [4.78, 5) is 22.6. The van der Waals surface area contributed by atoms with Gasteiger partial charge in [-0.05, 0) is 25.7 Å². The monoisotopic (exact) mass is 224 g/mol. The molecule has 1 spiro atoms. The largest absolute Gasteiger partial charge is 0.453 e. The molecule has 2 aliphatic rings. The molecule has 0 bridgehead atoms. The Morgan fingerprint density at radius 1 is 1.44 bits per heavy atom. The lowest BCUT2D eigenvalue weighted by Crippen LogP contribution is -2.43. The lowest BCUT2D eigenvalue weighted by atomic mass is 9.80. The lowest BCUT2D eigenvalue weighted by Gasteiger charge is -2.35. The maximum Gasteiger partial charge on any atom is 0.338 e. The summed E-state index contributed by atoms with van der Waals surface area (Å²) in [6.07, 6.45) is 4.07. The van der Waals surface area contributed by atoms with E-state index in [2.05, 4.69) is 6.58 Å². The Balaban J connectivity index is 2.24. The van der Waals surface area contributed by atoms with Gasteiger partial charge in [0.25, 0.3) is 0 Å². The zero-order valence-electron chi connectivity index (χ0n) is 9.45. The molecule has 2 fully saturated rings. The Bertz CT molecular complexity index is 339. The van der Waals surface area contributed by atoms with Crippen LogP contribution < -0.4 is 0 Å². The second kappa shape index (κ2) is 3.92. The molecule has 1 heterocycles. The van der Waals surface area contributed by atoms with Crippen LogP contribution in [-0.2, 0) is 19.1 Å². The summed E-state index contributed by atoms with van der Waals surface area (Å²) in [5.74, 6) is -0.817. The Labute approximate surface area is 94.6 Å². The molecule has 4 heteroatoms. The average Bonchev–Trinajstić information content (AvgIpc) is 2.44. The van der Waals surface area contributed by atoms with E-state index in [0.29, 0.717) is 0 Å². The van der Waals surface area contributed by atoms with Crippen molar-refractivity contribution in [1.82, 2.24) is 0 Å². The van der Waals surface area contributed by atoms with Crippen LogP contribution in [0.5, 0.6) is 0 Å². The number of carbonyl (C=O) groups excluding carboxylic acids is 2. The van der Waals surface area contributed by atoms with Crippen LogP contribution in [0.2, 0.25) is 0 Å². The summed E-state index contributed by atoms with van der Waals surface area (Å²) < 4.78 is 10.6. The number of ether oxygens (including phenoxy) is 2. The van der Waals surface area contributed by atoms with Gasteiger partial charge < -0.3 is 9.47 Å². The van der Waals surface area contributed by atoms with Crippen molar-refractivity contribution in [3.63, 3.8) is 0 Å². The highest BCUT2D eigenvalue weighted by atomic mass is 16.6. The van der Waals surface area contributed by atoms with Crippen LogP contribution in [0.15, 0.2) is 12.2 Å². The molecule has 1 aliphatic carbocycles. The molecular formula is C12H16O4. The van der Waals surface area contributed by atoms with Crippen LogP contribution in [0.3, 0.4) is 0 Å². The zero-order valence-corrected chi connectivity index (χ0v) is 9.45. The van der Waals surface area contributed by atoms with Crippen molar-refractivity contribution in [2.45, 2.75) is 50.7 Å². The Kier molecular flexibility index (Phi) is 2.74. The Morgan fingerprint density at radius 2 is 2.06 bits per heavy atom. The molecular weight excluding hydrogens is 208 g/mol. The van der Waals surface area contributed by atoms with Crippen molar-refractivity contribution in [1.29, 1.82) is 0 Å². The van der Waals surface area contributed by atoms with Gasteiger partial charge in [-0.2, -0.15) is 0 Å². The van der Waals surface area contributed by atoms with E-state index in [4.69, 9.17) is 9.47 Å². The van der Waals surface area contributed by atoms with Crippen LogP contribution >= 0.6 is 0 Å². The smallest absolute Gasteiger partial charge is 0.338 e. The first-order valence-electron chi connectivity index (χ1n) is 5.64. The van der Waals surface area contributed by atoms with Gasteiger partial charge in [-0.25, -0.2) is 4.79 Å². The summed E-state index contributed by atoms with van der Waals surface area (Å²) in [7, 11) is 0. The highest BCUT2D eigenvalue weighted by Crippen LogP contribution is 2.43. The fourth-order valence-electron chi connectivity index (χ4n) is 2.59. The van der Waals surface area contributed by atoms with Crippen molar-refractivity contribution in [2.24, 2.45) is 0 Å². The van der Waals surface area contributed by atoms with Gasteiger partial charge in [0.05, 0.1) is 5.57 Å². The average molecular weight is 224 g/mol. The number of esters is 2. The lowest BCUT2D eigenvalue weighted by molar-refractivity contribution is -0.166. The van der Waals surface area contributed by atoms with Crippen LogP contribution in [0.4, 0.5) is 0 Å². The third-order valence-electron chi connectivity index (χ3n) is 3.34. The molecule has 0 aromatic carbocycles. The molecule has 0 amide bonds. The van der Waals surface area contributed by atoms with E-state index >= 15 is 0 Å². The third-order valence-corrected chi connectivity index (χ3v) is 3.34. The van der Waals surface area contributed by atoms with Gasteiger partial charge in [0.1, 0.15) is 0 Å². The summed E-state index contributed by atoms with van der Waals surface area (Å²) in [6, 6.07) is 0. The van der Waals surface area contributed by atoms with E-state index in [-0.39, 0.29) is 5.57 Å². The molecule has 1 saturated heterocycles. The van der Waals surface area contributed by atoms with Gasteiger partial charge in [0.15, 0.2) is 11.7 Å². The predicted molar refractivity (Wildman–Crippen MR) is 56.6 cm³/mol. The van der Waals surface area contributed by atoms with Crippen molar-refractivity contribution in [2.75, 3.05) is 0 Å². The first-order valence-corrected chi connectivity index (χ1v) is 5.64. The van der Waals surface area contributed by atoms with Gasteiger partial charge in [-0.3, -0.25) is 4.79 Å². The van der Waals surface area contributed by atoms with Crippen LogP contribution in [0.1, 0.15) is 39.0 Å². The summed E-state index contributed by atoms with van der Waals surface area (Å²) >= 11 is 0. The van der Waals surface area contributed by atoms with E-state index in [1.807, 2.05) is 0 Å². The number of hydrogen-bond acceptors (Lipinski definition) is 4. The second-order valence-corrected chi connectivity index (χ2v) is 4.53. The molecule has 0 N–H and O–H groups in total. The Hall–Kier alpha value is -1.32. The fourth-order valence-corrected chi connectivity index (χ4v) is 2.59. The van der Waals surface area contributed by atoms with Crippen molar-refractivity contribution < 1.29 is 19.1 Å². The Morgan fingerprint density at radius 3 is 2.62 bits per heavy atom. The standard InChI is InChI=1S/C12H16O4/c1-8-10(15-9(2)13)12(16-11(8)14)6-4-3-5-7-12/h10H,1,3-7H2,2H3/t10-/m1/s1. The second-order valence-electron chi connectivity index (χ2n) is 4.53. The minimum Gasteiger partial charge on any atom is -0.453 e. The van der Waals surface area contributed by atoms with Crippen LogP contribution in [-0.4, -0.2) is 23.6 Å². The van der Waals surface area contributed by atoms with Crippen LogP contribution in [0, 0.1) is 0 Å². The van der Waals surface area contributed by atoms with Crippen molar-refractivity contribution in [3.05, 3.63) is 12.2 Å². The molecule has 1 aliphatic heterocycles. The van der Waals surface area contributed by atoms with Gasteiger partial charge >= 0.3 is 11.9 Å². The van der Waals surface area contributed by atoms with Crippen LogP contribution in [0.25, 0.3) is 0 Å². The molecule has 0 radical (unpaired) electrons. The molecule has 0 aromatic heterocycles. The number of hydrogen-bond donors (Lipinski definition) is 0. The van der Waals surface area contributed by atoms with Gasteiger partial charge in [0.2, 0.25) is 0 Å². The van der Waals surface area contributed by atoms with E-state index in [0.717, 1.165) is 32.1 Å². The number of carbonyl (C=O) groups is 2.